The molecular formula is C34H46N8O4S2. The third-order valence-electron chi connectivity index (χ3n) is 7.66. The summed E-state index contributed by atoms with van der Waals surface area (Å²) in [6.45, 7) is 15.4. The first-order valence-electron chi connectivity index (χ1n) is 16.7. The van der Waals surface area contributed by atoms with Crippen LogP contribution in [0.5, 0.6) is 11.5 Å². The van der Waals surface area contributed by atoms with Gasteiger partial charge >= 0.3 is 0 Å². The highest BCUT2D eigenvalue weighted by Gasteiger charge is 2.22. The Morgan fingerprint density at radius 3 is 1.25 bits per heavy atom. The van der Waals surface area contributed by atoms with Crippen molar-refractivity contribution in [2.45, 2.75) is 77.5 Å². The summed E-state index contributed by atoms with van der Waals surface area (Å²) in [5, 5.41) is 18.8. The average Bonchev–Trinajstić information content (AvgIpc) is 3.68. The first-order chi connectivity index (χ1) is 23.4. The lowest BCUT2D eigenvalue weighted by atomic mass is 10.1. The summed E-state index contributed by atoms with van der Waals surface area (Å²) in [6, 6.07) is 15.5. The van der Waals surface area contributed by atoms with E-state index in [9.17, 15) is 9.59 Å². The Morgan fingerprint density at radius 1 is 0.583 bits per heavy atom. The number of aryl methyl sites for hydroxylation is 2. The van der Waals surface area contributed by atoms with E-state index >= 15 is 0 Å². The highest BCUT2D eigenvalue weighted by atomic mass is 32.2. The molecule has 0 bridgehead atoms. The molecule has 4 rings (SSSR count). The number of ether oxygens (including phenoxy) is 2. The van der Waals surface area contributed by atoms with Crippen LogP contribution in [-0.4, -0.2) is 89.2 Å². The van der Waals surface area contributed by atoms with E-state index in [1.54, 1.807) is 9.80 Å². The third-order valence-corrected chi connectivity index (χ3v) is 9.42. The Hall–Kier alpha value is -4.04. The minimum Gasteiger partial charge on any atom is -0.494 e. The van der Waals surface area contributed by atoms with Crippen LogP contribution in [0.3, 0.4) is 0 Å². The molecular weight excluding hydrogens is 649 g/mol. The van der Waals surface area contributed by atoms with Crippen molar-refractivity contribution in [3.8, 4) is 22.9 Å². The van der Waals surface area contributed by atoms with Crippen LogP contribution < -0.4 is 9.47 Å². The molecule has 258 valence electrons. The monoisotopic (exact) mass is 694 g/mol. The smallest absolute Gasteiger partial charge is 0.289 e. The second-order valence-corrected chi connectivity index (χ2v) is 12.4. The van der Waals surface area contributed by atoms with Gasteiger partial charge in [-0.05, 0) is 103 Å². The Balaban J connectivity index is 1.54. The van der Waals surface area contributed by atoms with Gasteiger partial charge in [0.15, 0.2) is 0 Å². The molecule has 2 aromatic carbocycles. The molecule has 0 saturated heterocycles. The topological polar surface area (TPSA) is 121 Å². The molecule has 0 radical (unpaired) electrons. The lowest BCUT2D eigenvalue weighted by Gasteiger charge is -2.18. The normalized spacial score (nSPS) is 11.0. The van der Waals surface area contributed by atoms with Gasteiger partial charge in [0.1, 0.15) is 23.1 Å². The molecule has 48 heavy (non-hydrogen) atoms. The molecule has 2 aromatic heterocycles. The first kappa shape index (κ1) is 36.8. The fourth-order valence-electron chi connectivity index (χ4n) is 5.11. The Morgan fingerprint density at radius 2 is 0.938 bits per heavy atom. The van der Waals surface area contributed by atoms with E-state index in [1.807, 2.05) is 99.2 Å². The van der Waals surface area contributed by atoms with Gasteiger partial charge in [-0.15, -0.1) is 20.4 Å². The second-order valence-electron chi connectivity index (χ2n) is 10.6. The van der Waals surface area contributed by atoms with Gasteiger partial charge in [-0.2, -0.15) is 0 Å². The summed E-state index contributed by atoms with van der Waals surface area (Å²) in [5.74, 6) is 3.08. The predicted octanol–water partition coefficient (Wildman–Crippen LogP) is 7.32. The lowest BCUT2D eigenvalue weighted by molar-refractivity contribution is 0.227. The number of carbonyl (C=O) groups excluding carboxylic acids is 2. The van der Waals surface area contributed by atoms with Crippen LogP contribution in [0.1, 0.15) is 66.0 Å². The standard InChI is InChI=1S/C34H46N8O4S2/c1-7-39(8-2)33(43)47-31-37-35-29(41(31)25-17-21-27(22-18-25)45-11-5)15-13-14-16-30-36-38-32(48-34(44)40(9-3)10-4)42(30)26-19-23-28(24-20-26)46-12-6/h17-24H,7-16H2,1-6H3. The van der Waals surface area contributed by atoms with E-state index in [0.29, 0.717) is 62.5 Å². The van der Waals surface area contributed by atoms with E-state index in [1.165, 1.54) is 0 Å². The maximum atomic E-state index is 13.0. The Bertz CT molecular complexity index is 1480. The molecule has 0 aliphatic heterocycles. The number of unbranched alkanes of at least 4 members (excludes halogenated alkanes) is 1. The number of nitrogens with zero attached hydrogens (tertiary/aromatic N) is 8. The summed E-state index contributed by atoms with van der Waals surface area (Å²) in [4.78, 5) is 29.5. The molecule has 14 heteroatoms. The predicted molar refractivity (Wildman–Crippen MR) is 190 cm³/mol. The zero-order chi connectivity index (χ0) is 34.5. The summed E-state index contributed by atoms with van der Waals surface area (Å²) >= 11 is 2.18. The highest BCUT2D eigenvalue weighted by molar-refractivity contribution is 8.13. The fraction of sp³-hybridized carbons (Fsp3) is 0.471. The molecule has 0 aliphatic rings. The van der Waals surface area contributed by atoms with Gasteiger partial charge in [0.2, 0.25) is 10.3 Å². The number of benzene rings is 2. The molecule has 0 unspecified atom stereocenters. The number of hydrogen-bond donors (Lipinski definition) is 0. The van der Waals surface area contributed by atoms with Crippen molar-refractivity contribution in [1.29, 1.82) is 0 Å². The van der Waals surface area contributed by atoms with Crippen LogP contribution in [0, 0.1) is 0 Å². The van der Waals surface area contributed by atoms with Crippen LogP contribution in [0.15, 0.2) is 58.8 Å². The Kier molecular flexibility index (Phi) is 14.2. The molecule has 0 saturated carbocycles. The van der Waals surface area contributed by atoms with Crippen molar-refractivity contribution < 1.29 is 19.1 Å². The maximum Gasteiger partial charge on any atom is 0.289 e. The van der Waals surface area contributed by atoms with Gasteiger partial charge in [-0.3, -0.25) is 18.7 Å². The first-order valence-corrected chi connectivity index (χ1v) is 18.3. The van der Waals surface area contributed by atoms with Gasteiger partial charge in [0.25, 0.3) is 10.5 Å². The summed E-state index contributed by atoms with van der Waals surface area (Å²) in [7, 11) is 0. The minimum atomic E-state index is -0.0621. The van der Waals surface area contributed by atoms with Crippen molar-refractivity contribution in [3.63, 3.8) is 0 Å². The molecule has 0 N–H and O–H groups in total. The molecule has 12 nitrogen and oxygen atoms in total. The SMILES string of the molecule is CCOc1ccc(-n2c(CCCCc3nnc(SC(=O)N(CC)CC)n3-c3ccc(OCC)cc3)nnc2SC(=O)N(CC)CC)cc1. The zero-order valence-electron chi connectivity index (χ0n) is 28.7. The van der Waals surface area contributed by atoms with Gasteiger partial charge in [-0.1, -0.05) is 0 Å². The second kappa shape index (κ2) is 18.5. The molecule has 0 fully saturated rings. The van der Waals surface area contributed by atoms with E-state index in [-0.39, 0.29) is 10.5 Å². The van der Waals surface area contributed by atoms with Crippen LogP contribution in [0.2, 0.25) is 0 Å². The van der Waals surface area contributed by atoms with Crippen LogP contribution in [0.4, 0.5) is 9.59 Å². The summed E-state index contributed by atoms with van der Waals surface area (Å²) < 4.78 is 15.2. The van der Waals surface area contributed by atoms with Crippen LogP contribution in [-0.2, 0) is 12.8 Å². The van der Waals surface area contributed by atoms with Crippen molar-refractivity contribution in [2.24, 2.45) is 0 Å². The Labute approximate surface area is 291 Å². The van der Waals surface area contributed by atoms with Crippen molar-refractivity contribution in [2.75, 3.05) is 39.4 Å². The van der Waals surface area contributed by atoms with Gasteiger partial charge < -0.3 is 19.3 Å². The third kappa shape index (κ3) is 9.31. The minimum absolute atomic E-state index is 0.0621. The van der Waals surface area contributed by atoms with Gasteiger partial charge in [0.05, 0.1) is 13.2 Å². The van der Waals surface area contributed by atoms with Gasteiger partial charge in [-0.25, -0.2) is 0 Å². The van der Waals surface area contributed by atoms with Gasteiger partial charge in [0, 0.05) is 73.9 Å². The van der Waals surface area contributed by atoms with Crippen molar-refractivity contribution in [1.82, 2.24) is 39.3 Å². The largest absolute Gasteiger partial charge is 0.494 e. The zero-order valence-corrected chi connectivity index (χ0v) is 30.4. The number of rotatable bonds is 17. The van der Waals surface area contributed by atoms with E-state index < -0.39 is 0 Å². The average molecular weight is 695 g/mol. The van der Waals surface area contributed by atoms with E-state index in [4.69, 9.17) is 9.47 Å². The highest BCUT2D eigenvalue weighted by Crippen LogP contribution is 2.29. The molecule has 0 spiro atoms. The van der Waals surface area contributed by atoms with E-state index in [2.05, 4.69) is 20.4 Å². The number of hydrogen-bond acceptors (Lipinski definition) is 10. The number of carbonyl (C=O) groups is 2. The van der Waals surface area contributed by atoms with Crippen molar-refractivity contribution >= 4 is 34.0 Å². The number of amides is 2. The molecule has 0 atom stereocenters. The fourth-order valence-corrected chi connectivity index (χ4v) is 6.96. The quantitative estimate of drug-likeness (QED) is 0.0821. The lowest BCUT2D eigenvalue weighted by Crippen LogP contribution is -2.27. The molecule has 2 heterocycles. The van der Waals surface area contributed by atoms with Crippen LogP contribution >= 0.6 is 23.5 Å². The maximum absolute atomic E-state index is 13.0. The molecule has 2 amide bonds. The summed E-state index contributed by atoms with van der Waals surface area (Å²) in [6.07, 6.45) is 2.86. The van der Waals surface area contributed by atoms with E-state index in [0.717, 1.165) is 70.9 Å². The molecule has 0 aliphatic carbocycles. The molecule has 4 aromatic rings. The number of aromatic nitrogens is 6. The van der Waals surface area contributed by atoms with Crippen molar-refractivity contribution in [3.05, 3.63) is 60.2 Å². The van der Waals surface area contributed by atoms with Crippen LogP contribution in [0.25, 0.3) is 11.4 Å². The number of thioether (sulfide) groups is 2. The summed E-state index contributed by atoms with van der Waals surface area (Å²) in [5.41, 5.74) is 1.73.